The van der Waals surface area contributed by atoms with Crippen LogP contribution in [-0.2, 0) is 47.7 Å². The van der Waals surface area contributed by atoms with Gasteiger partial charge in [0, 0.05) is 36.2 Å². The predicted molar refractivity (Wildman–Crippen MR) is 136 cm³/mol. The van der Waals surface area contributed by atoms with Crippen molar-refractivity contribution in [1.29, 1.82) is 0 Å². The monoisotopic (exact) mass is 556 g/mol. The van der Waals surface area contributed by atoms with Crippen molar-refractivity contribution in [2.24, 2.45) is 33.5 Å². The van der Waals surface area contributed by atoms with E-state index in [9.17, 15) is 24.0 Å². The largest absolute Gasteiger partial charge is 0.462 e. The lowest BCUT2D eigenvalue weighted by molar-refractivity contribution is -0.247. The topological polar surface area (TPSA) is 135 Å². The minimum Gasteiger partial charge on any atom is -0.462 e. The fraction of sp³-hybridized carbons (Fsp3) is 0.700. The van der Waals surface area contributed by atoms with Gasteiger partial charge in [0.1, 0.15) is 17.8 Å². The third kappa shape index (κ3) is 3.11. The third-order valence-corrected chi connectivity index (χ3v) is 11.3. The molecule has 10 heteroatoms. The summed E-state index contributed by atoms with van der Waals surface area (Å²) in [5.41, 5.74) is -3.89. The number of rotatable bonds is 3. The smallest absolute Gasteiger partial charge is 0.341 e. The average molecular weight is 557 g/mol. The molecule has 0 amide bonds. The number of carbonyl (C=O) groups is 5. The molecule has 4 fully saturated rings. The Balaban J connectivity index is 1.50. The molecule has 1 unspecified atom stereocenters. The van der Waals surface area contributed by atoms with Gasteiger partial charge in [-0.2, -0.15) is 0 Å². The van der Waals surface area contributed by atoms with Crippen LogP contribution in [0.4, 0.5) is 0 Å². The number of ketones is 1. The molecule has 10 atom stereocenters. The van der Waals surface area contributed by atoms with E-state index in [0.717, 1.165) is 0 Å². The molecular formula is C30H36O10. The summed E-state index contributed by atoms with van der Waals surface area (Å²) in [5, 5.41) is 0. The van der Waals surface area contributed by atoms with Gasteiger partial charge in [0.05, 0.1) is 5.57 Å². The fourth-order valence-electron chi connectivity index (χ4n) is 9.59. The van der Waals surface area contributed by atoms with Crippen LogP contribution in [0.15, 0.2) is 23.8 Å². The van der Waals surface area contributed by atoms with Crippen molar-refractivity contribution in [1.82, 2.24) is 0 Å². The van der Waals surface area contributed by atoms with Gasteiger partial charge >= 0.3 is 23.9 Å². The van der Waals surface area contributed by atoms with Gasteiger partial charge in [0.15, 0.2) is 11.9 Å². The Hall–Kier alpha value is -3.01. The minimum atomic E-state index is -1.21. The number of hydrogen-bond acceptors (Lipinski definition) is 10. The lowest BCUT2D eigenvalue weighted by Gasteiger charge is -2.68. The summed E-state index contributed by atoms with van der Waals surface area (Å²) in [5.74, 6) is -2.59. The molecule has 2 saturated carbocycles. The second kappa shape index (κ2) is 8.05. The van der Waals surface area contributed by atoms with Gasteiger partial charge in [-0.05, 0) is 42.6 Å². The zero-order valence-electron chi connectivity index (χ0n) is 23.9. The maximum absolute atomic E-state index is 13.4. The molecule has 2 saturated heterocycles. The molecule has 0 bridgehead atoms. The van der Waals surface area contributed by atoms with E-state index in [1.54, 1.807) is 6.08 Å². The van der Waals surface area contributed by atoms with E-state index in [4.69, 9.17) is 23.7 Å². The minimum absolute atomic E-state index is 0.0369. The number of esters is 4. The summed E-state index contributed by atoms with van der Waals surface area (Å²) in [4.78, 5) is 63.5. The van der Waals surface area contributed by atoms with Crippen LogP contribution >= 0.6 is 0 Å². The molecule has 40 heavy (non-hydrogen) atoms. The molecule has 0 aromatic heterocycles. The van der Waals surface area contributed by atoms with Gasteiger partial charge in [-0.1, -0.05) is 40.7 Å². The van der Waals surface area contributed by atoms with E-state index in [1.165, 1.54) is 19.9 Å². The van der Waals surface area contributed by atoms with Crippen molar-refractivity contribution < 1.29 is 47.7 Å². The van der Waals surface area contributed by atoms with Crippen LogP contribution in [0.5, 0.6) is 0 Å². The quantitative estimate of drug-likeness (QED) is 0.290. The highest BCUT2D eigenvalue weighted by molar-refractivity contribution is 5.96. The van der Waals surface area contributed by atoms with Gasteiger partial charge in [0.25, 0.3) is 6.29 Å². The molecule has 0 radical (unpaired) electrons. The first-order chi connectivity index (χ1) is 18.5. The molecule has 1 spiro atoms. The van der Waals surface area contributed by atoms with Crippen LogP contribution in [0.2, 0.25) is 0 Å². The van der Waals surface area contributed by atoms with Gasteiger partial charge in [0.2, 0.25) is 0 Å². The van der Waals surface area contributed by atoms with Crippen LogP contribution < -0.4 is 0 Å². The lowest BCUT2D eigenvalue weighted by atomic mass is 9.35. The molecule has 0 aromatic rings. The number of hydrogen-bond donors (Lipinski definition) is 0. The van der Waals surface area contributed by atoms with E-state index in [0.29, 0.717) is 19.3 Å². The highest BCUT2D eigenvalue weighted by Gasteiger charge is 2.88. The molecule has 3 aliphatic carbocycles. The predicted octanol–water partition coefficient (Wildman–Crippen LogP) is 2.97. The van der Waals surface area contributed by atoms with Crippen LogP contribution in [-0.4, -0.2) is 59.9 Å². The van der Waals surface area contributed by atoms with Crippen molar-refractivity contribution in [3.8, 4) is 0 Å². The molecule has 0 N–H and O–H groups in total. The SMILES string of the molecule is CC(=O)O[C@@H]1C=C([C@@H]2OC(=O)[C@H]3O[C@]34[C@]3(C)[C@H](OC(C)=O)CC5C(C)(C)C(=O)C=C[C@]5(C)[C@H]3CC[C@@]24C)C(=O)O1. The zero-order valence-corrected chi connectivity index (χ0v) is 23.9. The molecule has 10 nitrogen and oxygen atoms in total. The number of allylic oxidation sites excluding steroid dienone is 2. The number of epoxide rings is 1. The fourth-order valence-corrected chi connectivity index (χ4v) is 9.59. The highest BCUT2D eigenvalue weighted by Crippen LogP contribution is 2.78. The molecule has 3 heterocycles. The Bertz CT molecular complexity index is 1310. The summed E-state index contributed by atoms with van der Waals surface area (Å²) >= 11 is 0. The van der Waals surface area contributed by atoms with E-state index < -0.39 is 75.7 Å². The average Bonchev–Trinajstić information content (AvgIpc) is 3.53. The van der Waals surface area contributed by atoms with Crippen molar-refractivity contribution in [2.45, 2.75) is 97.9 Å². The van der Waals surface area contributed by atoms with Crippen LogP contribution in [0.25, 0.3) is 0 Å². The standard InChI is InChI=1S/C30H36O10/c1-14(31)36-20-13-18-26(3,4)19(33)9-10-27(18,5)17-8-11-28(6)22(16-12-21(37-15(2)32)38-24(16)34)39-25(35)23-30(28,40-23)29(17,20)7/h9-10,12,17-18,20-23H,8,11,13H2,1-7H3/t17-,18?,20-,21+,22+,23-,27-,28+,29+,30-/m1/s1. The van der Waals surface area contributed by atoms with E-state index in [1.807, 2.05) is 33.8 Å². The zero-order chi connectivity index (χ0) is 29.2. The second-order valence-electron chi connectivity index (χ2n) is 13.5. The summed E-state index contributed by atoms with van der Waals surface area (Å²) in [6, 6.07) is 0. The molecule has 6 aliphatic rings. The second-order valence-corrected chi connectivity index (χ2v) is 13.5. The van der Waals surface area contributed by atoms with Gasteiger partial charge < -0.3 is 23.7 Å². The Kier molecular flexibility index (Phi) is 5.47. The summed E-state index contributed by atoms with van der Waals surface area (Å²) in [7, 11) is 0. The van der Waals surface area contributed by atoms with E-state index in [2.05, 4.69) is 6.92 Å². The summed E-state index contributed by atoms with van der Waals surface area (Å²) < 4.78 is 28.8. The Morgan fingerprint density at radius 1 is 0.925 bits per heavy atom. The van der Waals surface area contributed by atoms with E-state index >= 15 is 0 Å². The third-order valence-electron chi connectivity index (χ3n) is 11.3. The maximum Gasteiger partial charge on any atom is 0.341 e. The van der Waals surface area contributed by atoms with Gasteiger partial charge in [-0.3, -0.25) is 14.4 Å². The van der Waals surface area contributed by atoms with Crippen molar-refractivity contribution >= 4 is 29.7 Å². The Morgan fingerprint density at radius 2 is 1.60 bits per heavy atom. The Morgan fingerprint density at radius 3 is 2.25 bits per heavy atom. The van der Waals surface area contributed by atoms with Crippen molar-refractivity contribution in [3.63, 3.8) is 0 Å². The van der Waals surface area contributed by atoms with Gasteiger partial charge in [-0.25, -0.2) is 9.59 Å². The summed E-state index contributed by atoms with van der Waals surface area (Å²) in [6.45, 7) is 12.6. The van der Waals surface area contributed by atoms with Crippen molar-refractivity contribution in [2.75, 3.05) is 0 Å². The van der Waals surface area contributed by atoms with Crippen molar-refractivity contribution in [3.05, 3.63) is 23.8 Å². The molecule has 0 aromatic carbocycles. The lowest BCUT2D eigenvalue weighted by Crippen LogP contribution is -2.74. The highest BCUT2D eigenvalue weighted by atomic mass is 16.7. The molecule has 216 valence electrons. The molecular weight excluding hydrogens is 520 g/mol. The number of carbonyl (C=O) groups excluding carboxylic acids is 5. The number of fused-ring (bicyclic) bond motifs is 3. The first-order valence-corrected chi connectivity index (χ1v) is 13.9. The van der Waals surface area contributed by atoms with Crippen LogP contribution in [0, 0.1) is 33.5 Å². The van der Waals surface area contributed by atoms with Crippen LogP contribution in [0.1, 0.15) is 67.7 Å². The Labute approximate surface area is 232 Å². The normalized spacial score (nSPS) is 47.9. The number of ether oxygens (including phenoxy) is 5. The molecule has 6 rings (SSSR count). The van der Waals surface area contributed by atoms with E-state index in [-0.39, 0.29) is 23.2 Å². The molecule has 3 aliphatic heterocycles. The first-order valence-electron chi connectivity index (χ1n) is 13.9. The first kappa shape index (κ1) is 27.2. The maximum atomic E-state index is 13.4. The van der Waals surface area contributed by atoms with Gasteiger partial charge in [-0.15, -0.1) is 0 Å². The number of cyclic esters (lactones) is 2. The summed E-state index contributed by atoms with van der Waals surface area (Å²) in [6.07, 6.45) is 2.88. The van der Waals surface area contributed by atoms with Crippen LogP contribution in [0.3, 0.4) is 0 Å².